The predicted molar refractivity (Wildman–Crippen MR) is 128 cm³/mol. The number of carbonyl (C=O) groups is 1. The number of amides is 1. The largest absolute Gasteiger partial charge is 0.416 e. The van der Waals surface area contributed by atoms with Crippen LogP contribution in [-0.4, -0.2) is 68.0 Å². The highest BCUT2D eigenvalue weighted by Crippen LogP contribution is 2.29. The van der Waals surface area contributed by atoms with Gasteiger partial charge in [-0.05, 0) is 17.7 Å². The maximum absolute atomic E-state index is 12.7. The van der Waals surface area contributed by atoms with Crippen molar-refractivity contribution in [1.29, 1.82) is 0 Å². The molecule has 1 saturated heterocycles. The Hall–Kier alpha value is -1.56. The molecular weight excluding hydrogens is 522 g/mol. The number of benzene rings is 1. The first kappa shape index (κ1) is 27.5. The molecule has 2 N–H and O–H groups in total. The van der Waals surface area contributed by atoms with Crippen LogP contribution >= 0.6 is 24.0 Å². The molecular formula is C21H33F3IN5O. The van der Waals surface area contributed by atoms with E-state index in [2.05, 4.69) is 25.4 Å². The molecule has 1 aliphatic heterocycles. The molecule has 10 heteroatoms. The molecule has 1 fully saturated rings. The van der Waals surface area contributed by atoms with Gasteiger partial charge in [-0.25, -0.2) is 0 Å². The summed E-state index contributed by atoms with van der Waals surface area (Å²) in [7, 11) is 1.73. The van der Waals surface area contributed by atoms with Gasteiger partial charge in [-0.2, -0.15) is 13.2 Å². The quantitative estimate of drug-likeness (QED) is 0.254. The second kappa shape index (κ2) is 11.9. The van der Waals surface area contributed by atoms with Gasteiger partial charge in [-0.1, -0.05) is 32.9 Å². The predicted octanol–water partition coefficient (Wildman–Crippen LogP) is 3.18. The summed E-state index contributed by atoms with van der Waals surface area (Å²) in [4.78, 5) is 20.6. The fourth-order valence-corrected chi connectivity index (χ4v) is 3.12. The number of carbonyl (C=O) groups excluding carboxylic acids is 1. The SMILES string of the molecule is CN=C(NCCNC(=O)C(C)(C)C)N1CCN(Cc2ccc(C(F)(F)F)cc2)CC1.I. The molecule has 1 aromatic carbocycles. The lowest BCUT2D eigenvalue weighted by Gasteiger charge is -2.36. The number of hydrogen-bond acceptors (Lipinski definition) is 3. The van der Waals surface area contributed by atoms with Crippen LogP contribution in [0.2, 0.25) is 0 Å². The maximum Gasteiger partial charge on any atom is 0.416 e. The Morgan fingerprint density at radius 3 is 2.03 bits per heavy atom. The fourth-order valence-electron chi connectivity index (χ4n) is 3.12. The van der Waals surface area contributed by atoms with E-state index in [1.807, 2.05) is 20.8 Å². The van der Waals surface area contributed by atoms with Gasteiger partial charge in [0.25, 0.3) is 0 Å². The van der Waals surface area contributed by atoms with E-state index in [4.69, 9.17) is 0 Å². The number of hydrogen-bond donors (Lipinski definition) is 2. The van der Waals surface area contributed by atoms with Crippen molar-refractivity contribution >= 4 is 35.8 Å². The summed E-state index contributed by atoms with van der Waals surface area (Å²) >= 11 is 0. The van der Waals surface area contributed by atoms with Crippen molar-refractivity contribution in [3.63, 3.8) is 0 Å². The minimum absolute atomic E-state index is 0. The second-order valence-corrected chi connectivity index (χ2v) is 8.44. The lowest BCUT2D eigenvalue weighted by molar-refractivity contribution is -0.137. The van der Waals surface area contributed by atoms with Crippen LogP contribution in [0.15, 0.2) is 29.3 Å². The van der Waals surface area contributed by atoms with Crippen molar-refractivity contribution in [1.82, 2.24) is 20.4 Å². The first-order valence-corrected chi connectivity index (χ1v) is 10.1. The number of nitrogens with zero attached hydrogens (tertiary/aromatic N) is 3. The van der Waals surface area contributed by atoms with E-state index >= 15 is 0 Å². The Kier molecular flexibility index (Phi) is 10.5. The number of aliphatic imine (C=N–C) groups is 1. The average Bonchev–Trinajstić information content (AvgIpc) is 2.68. The molecule has 0 atom stereocenters. The van der Waals surface area contributed by atoms with Gasteiger partial charge in [-0.3, -0.25) is 14.7 Å². The maximum atomic E-state index is 12.7. The number of guanidine groups is 1. The molecule has 1 aromatic rings. The summed E-state index contributed by atoms with van der Waals surface area (Å²) in [6.45, 7) is 10.5. The summed E-state index contributed by atoms with van der Waals surface area (Å²) in [6.07, 6.45) is -4.30. The van der Waals surface area contributed by atoms with Crippen LogP contribution < -0.4 is 10.6 Å². The monoisotopic (exact) mass is 555 g/mol. The van der Waals surface area contributed by atoms with Crippen molar-refractivity contribution < 1.29 is 18.0 Å². The highest BCUT2D eigenvalue weighted by Gasteiger charge is 2.30. The minimum atomic E-state index is -4.30. The molecule has 31 heavy (non-hydrogen) atoms. The van der Waals surface area contributed by atoms with Gasteiger partial charge >= 0.3 is 6.18 Å². The van der Waals surface area contributed by atoms with E-state index in [1.54, 1.807) is 19.2 Å². The number of alkyl halides is 3. The summed E-state index contributed by atoms with van der Waals surface area (Å²) in [5, 5.41) is 6.17. The van der Waals surface area contributed by atoms with Crippen molar-refractivity contribution in [3.05, 3.63) is 35.4 Å². The molecule has 0 bridgehead atoms. The minimum Gasteiger partial charge on any atom is -0.354 e. The van der Waals surface area contributed by atoms with E-state index < -0.39 is 17.2 Å². The van der Waals surface area contributed by atoms with Crippen molar-refractivity contribution in [2.45, 2.75) is 33.5 Å². The van der Waals surface area contributed by atoms with Gasteiger partial charge in [0.05, 0.1) is 5.56 Å². The zero-order valence-electron chi connectivity index (χ0n) is 18.6. The van der Waals surface area contributed by atoms with Gasteiger partial charge in [0.1, 0.15) is 0 Å². The molecule has 176 valence electrons. The van der Waals surface area contributed by atoms with Crippen molar-refractivity contribution in [3.8, 4) is 0 Å². The summed E-state index contributed by atoms with van der Waals surface area (Å²) in [5.74, 6) is 0.797. The molecule has 0 unspecified atom stereocenters. The van der Waals surface area contributed by atoms with Gasteiger partial charge in [-0.15, -0.1) is 24.0 Å². The van der Waals surface area contributed by atoms with Crippen LogP contribution in [0.5, 0.6) is 0 Å². The molecule has 0 spiro atoms. The lowest BCUT2D eigenvalue weighted by Crippen LogP contribution is -2.53. The Labute approximate surface area is 199 Å². The Morgan fingerprint density at radius 2 is 1.55 bits per heavy atom. The standard InChI is InChI=1S/C21H32F3N5O.HI/c1-20(2,3)18(30)26-9-10-27-19(25-4)29-13-11-28(12-14-29)15-16-5-7-17(8-6-16)21(22,23)24;/h5-8H,9-15H2,1-4H3,(H,25,27)(H,26,30);1H. The average molecular weight is 555 g/mol. The third-order valence-corrected chi connectivity index (χ3v) is 4.95. The topological polar surface area (TPSA) is 60.0 Å². The molecule has 1 aliphatic rings. The number of halogens is 4. The third-order valence-electron chi connectivity index (χ3n) is 4.95. The van der Waals surface area contributed by atoms with Crippen LogP contribution in [0.1, 0.15) is 31.9 Å². The van der Waals surface area contributed by atoms with Crippen LogP contribution in [0.4, 0.5) is 13.2 Å². The molecule has 1 amide bonds. The van der Waals surface area contributed by atoms with Crippen molar-refractivity contribution in [2.24, 2.45) is 10.4 Å². The van der Waals surface area contributed by atoms with E-state index in [9.17, 15) is 18.0 Å². The van der Waals surface area contributed by atoms with Crippen LogP contribution in [-0.2, 0) is 17.5 Å². The van der Waals surface area contributed by atoms with Crippen molar-refractivity contribution in [2.75, 3.05) is 46.3 Å². The highest BCUT2D eigenvalue weighted by molar-refractivity contribution is 14.0. The molecule has 0 aliphatic carbocycles. The molecule has 0 saturated carbocycles. The van der Waals surface area contributed by atoms with Crippen LogP contribution in [0.3, 0.4) is 0 Å². The first-order valence-electron chi connectivity index (χ1n) is 10.1. The Balaban J connectivity index is 0.00000480. The van der Waals surface area contributed by atoms with Gasteiger partial charge < -0.3 is 15.5 Å². The van der Waals surface area contributed by atoms with E-state index in [-0.39, 0.29) is 29.9 Å². The van der Waals surface area contributed by atoms with Crippen LogP contribution in [0, 0.1) is 5.41 Å². The normalized spacial score (nSPS) is 16.0. The lowest BCUT2D eigenvalue weighted by atomic mass is 9.96. The summed E-state index contributed by atoms with van der Waals surface area (Å²) in [5.41, 5.74) is -0.163. The molecule has 2 rings (SSSR count). The first-order chi connectivity index (χ1) is 14.0. The van der Waals surface area contributed by atoms with E-state index in [1.165, 1.54) is 0 Å². The number of nitrogens with one attached hydrogen (secondary N) is 2. The molecule has 1 heterocycles. The number of piperazine rings is 1. The zero-order valence-corrected chi connectivity index (χ0v) is 20.9. The van der Waals surface area contributed by atoms with Crippen LogP contribution in [0.25, 0.3) is 0 Å². The van der Waals surface area contributed by atoms with E-state index in [0.29, 0.717) is 19.6 Å². The van der Waals surface area contributed by atoms with Gasteiger partial charge in [0.15, 0.2) is 5.96 Å². The number of rotatable bonds is 5. The molecule has 6 nitrogen and oxygen atoms in total. The summed E-state index contributed by atoms with van der Waals surface area (Å²) < 4.78 is 38.0. The zero-order chi connectivity index (χ0) is 22.4. The second-order valence-electron chi connectivity index (χ2n) is 8.44. The van der Waals surface area contributed by atoms with Gasteiger partial charge in [0.2, 0.25) is 5.91 Å². The van der Waals surface area contributed by atoms with Gasteiger partial charge in [0, 0.05) is 58.3 Å². The molecule has 0 aromatic heterocycles. The third kappa shape index (κ3) is 8.83. The smallest absolute Gasteiger partial charge is 0.354 e. The summed E-state index contributed by atoms with van der Waals surface area (Å²) in [6, 6.07) is 5.36. The Morgan fingerprint density at radius 1 is 1.00 bits per heavy atom. The molecule has 0 radical (unpaired) electrons. The highest BCUT2D eigenvalue weighted by atomic mass is 127. The fraction of sp³-hybridized carbons (Fsp3) is 0.619. The van der Waals surface area contributed by atoms with E-state index in [0.717, 1.165) is 49.8 Å². The Bertz CT molecular complexity index is 724.